The van der Waals surface area contributed by atoms with Crippen molar-refractivity contribution in [2.75, 3.05) is 13.6 Å². The fourth-order valence-corrected chi connectivity index (χ4v) is 1.32. The largest absolute Gasteiger partial charge is 0.327 e. The second kappa shape index (κ2) is 5.00. The van der Waals surface area contributed by atoms with E-state index in [0.717, 1.165) is 11.3 Å². The van der Waals surface area contributed by atoms with E-state index < -0.39 is 0 Å². The van der Waals surface area contributed by atoms with Gasteiger partial charge in [0.1, 0.15) is 0 Å². The highest BCUT2D eigenvalue weighted by Crippen LogP contribution is 2.17. The van der Waals surface area contributed by atoms with Crippen LogP contribution in [-0.4, -0.2) is 18.6 Å². The fourth-order valence-electron chi connectivity index (χ4n) is 1.20. The zero-order valence-electron chi connectivity index (χ0n) is 8.07. The summed E-state index contributed by atoms with van der Waals surface area (Å²) in [5.41, 5.74) is 7.35. The van der Waals surface area contributed by atoms with E-state index in [1.54, 1.807) is 7.05 Å². The summed E-state index contributed by atoms with van der Waals surface area (Å²) in [5.74, 6) is 5.67. The summed E-state index contributed by atoms with van der Waals surface area (Å²) in [7, 11) is 1.77. The Labute approximate surface area is 88.9 Å². The number of hydrogen-bond donors (Lipinski definition) is 2. The smallest absolute Gasteiger partial charge is 0.0559 e. The van der Waals surface area contributed by atoms with Crippen molar-refractivity contribution >= 4 is 17.3 Å². The standard InChI is InChI=1S/C10H14ClN3/c1-14(13)10(6-7-12)8-2-4-9(11)5-3-8/h2-6H,7,12-13H2,1H3/b10-6-. The third-order valence-corrected chi connectivity index (χ3v) is 2.08. The second-order valence-electron chi connectivity index (χ2n) is 2.94. The predicted octanol–water partition coefficient (Wildman–Crippen LogP) is 1.45. The number of benzene rings is 1. The molecule has 0 saturated carbocycles. The van der Waals surface area contributed by atoms with Crippen molar-refractivity contribution in [2.45, 2.75) is 0 Å². The molecule has 14 heavy (non-hydrogen) atoms. The summed E-state index contributed by atoms with van der Waals surface area (Å²) in [4.78, 5) is 0. The quantitative estimate of drug-likeness (QED) is 0.588. The van der Waals surface area contributed by atoms with Gasteiger partial charge < -0.3 is 10.7 Å². The Morgan fingerprint density at radius 3 is 2.43 bits per heavy atom. The summed E-state index contributed by atoms with van der Waals surface area (Å²) in [6.45, 7) is 0.458. The maximum absolute atomic E-state index is 5.78. The normalized spacial score (nSPS) is 11.6. The Morgan fingerprint density at radius 2 is 2.00 bits per heavy atom. The molecule has 0 radical (unpaired) electrons. The molecule has 1 aromatic rings. The van der Waals surface area contributed by atoms with Crippen molar-refractivity contribution in [1.29, 1.82) is 0 Å². The molecule has 0 amide bonds. The number of hydrogen-bond acceptors (Lipinski definition) is 3. The first-order valence-electron chi connectivity index (χ1n) is 4.29. The van der Waals surface area contributed by atoms with Gasteiger partial charge in [0.25, 0.3) is 0 Å². The third-order valence-electron chi connectivity index (χ3n) is 1.83. The Kier molecular flexibility index (Phi) is 3.95. The van der Waals surface area contributed by atoms with Crippen LogP contribution in [-0.2, 0) is 0 Å². The van der Waals surface area contributed by atoms with Crippen LogP contribution in [0.1, 0.15) is 5.56 Å². The van der Waals surface area contributed by atoms with Crippen LogP contribution in [0.4, 0.5) is 0 Å². The lowest BCUT2D eigenvalue weighted by atomic mass is 10.1. The van der Waals surface area contributed by atoms with Gasteiger partial charge in [-0.05, 0) is 23.8 Å². The van der Waals surface area contributed by atoms with E-state index in [1.165, 1.54) is 5.01 Å². The van der Waals surface area contributed by atoms with E-state index in [0.29, 0.717) is 11.6 Å². The average Bonchev–Trinajstić information content (AvgIpc) is 2.15. The number of rotatable bonds is 3. The summed E-state index contributed by atoms with van der Waals surface area (Å²) in [6.07, 6.45) is 1.86. The zero-order chi connectivity index (χ0) is 10.6. The topological polar surface area (TPSA) is 55.3 Å². The molecule has 0 atom stereocenters. The molecule has 0 spiro atoms. The molecule has 0 aliphatic heterocycles. The van der Waals surface area contributed by atoms with Gasteiger partial charge >= 0.3 is 0 Å². The van der Waals surface area contributed by atoms with E-state index in [-0.39, 0.29) is 0 Å². The molecule has 1 aromatic carbocycles. The molecule has 76 valence electrons. The minimum Gasteiger partial charge on any atom is -0.327 e. The molecule has 4 heteroatoms. The molecule has 1 rings (SSSR count). The summed E-state index contributed by atoms with van der Waals surface area (Å²) in [6, 6.07) is 7.47. The molecule has 0 heterocycles. The maximum atomic E-state index is 5.78. The highest BCUT2D eigenvalue weighted by atomic mass is 35.5. The molecule has 0 aromatic heterocycles. The van der Waals surface area contributed by atoms with Crippen LogP contribution in [0.5, 0.6) is 0 Å². The minimum absolute atomic E-state index is 0.458. The van der Waals surface area contributed by atoms with Crippen LogP contribution in [0.2, 0.25) is 5.02 Å². The van der Waals surface area contributed by atoms with Gasteiger partial charge in [0.15, 0.2) is 0 Å². The first-order chi connectivity index (χ1) is 6.65. The highest BCUT2D eigenvalue weighted by molar-refractivity contribution is 6.30. The van der Waals surface area contributed by atoms with Crippen molar-refractivity contribution in [3.8, 4) is 0 Å². The molecule has 0 aliphatic rings. The van der Waals surface area contributed by atoms with Gasteiger partial charge in [-0.1, -0.05) is 23.7 Å². The lowest BCUT2D eigenvalue weighted by Gasteiger charge is -2.16. The third kappa shape index (κ3) is 2.73. The monoisotopic (exact) mass is 211 g/mol. The Balaban J connectivity index is 3.00. The molecule has 0 fully saturated rings. The Bertz CT molecular complexity index is 317. The van der Waals surface area contributed by atoms with E-state index in [4.69, 9.17) is 23.2 Å². The molecule has 0 bridgehead atoms. The number of halogens is 1. The number of nitrogens with two attached hydrogens (primary N) is 2. The van der Waals surface area contributed by atoms with Crippen molar-refractivity contribution in [3.63, 3.8) is 0 Å². The SMILES string of the molecule is CN(N)/C(=C\CN)c1ccc(Cl)cc1. The first kappa shape index (κ1) is 11.0. The van der Waals surface area contributed by atoms with E-state index in [9.17, 15) is 0 Å². The fraction of sp³-hybridized carbons (Fsp3) is 0.200. The van der Waals surface area contributed by atoms with Crippen LogP contribution >= 0.6 is 11.6 Å². The van der Waals surface area contributed by atoms with Crippen LogP contribution in [0, 0.1) is 0 Å². The van der Waals surface area contributed by atoms with E-state index in [2.05, 4.69) is 0 Å². The predicted molar refractivity (Wildman–Crippen MR) is 60.4 cm³/mol. The summed E-state index contributed by atoms with van der Waals surface area (Å²) >= 11 is 5.78. The average molecular weight is 212 g/mol. The van der Waals surface area contributed by atoms with Crippen LogP contribution in [0.3, 0.4) is 0 Å². The molecule has 0 aliphatic carbocycles. The van der Waals surface area contributed by atoms with Crippen molar-refractivity contribution in [3.05, 3.63) is 40.9 Å². The number of nitrogens with zero attached hydrogens (tertiary/aromatic N) is 1. The minimum atomic E-state index is 0.458. The summed E-state index contributed by atoms with van der Waals surface area (Å²) in [5, 5.41) is 2.25. The lowest BCUT2D eigenvalue weighted by Crippen LogP contribution is -2.24. The molecule has 3 nitrogen and oxygen atoms in total. The van der Waals surface area contributed by atoms with Crippen molar-refractivity contribution in [2.24, 2.45) is 11.6 Å². The molecule has 0 unspecified atom stereocenters. The van der Waals surface area contributed by atoms with Crippen molar-refractivity contribution in [1.82, 2.24) is 5.01 Å². The van der Waals surface area contributed by atoms with Gasteiger partial charge in [0, 0.05) is 18.6 Å². The summed E-state index contributed by atoms with van der Waals surface area (Å²) < 4.78 is 0. The molecular formula is C10H14ClN3. The molecule has 0 saturated heterocycles. The zero-order valence-corrected chi connectivity index (χ0v) is 8.83. The second-order valence-corrected chi connectivity index (χ2v) is 3.38. The van der Waals surface area contributed by atoms with Gasteiger partial charge in [0.2, 0.25) is 0 Å². The van der Waals surface area contributed by atoms with Crippen LogP contribution in [0.15, 0.2) is 30.3 Å². The van der Waals surface area contributed by atoms with Crippen LogP contribution in [0.25, 0.3) is 5.70 Å². The van der Waals surface area contributed by atoms with E-state index in [1.807, 2.05) is 30.3 Å². The van der Waals surface area contributed by atoms with E-state index >= 15 is 0 Å². The lowest BCUT2D eigenvalue weighted by molar-refractivity contribution is 0.510. The maximum Gasteiger partial charge on any atom is 0.0559 e. The number of hydrazine groups is 1. The van der Waals surface area contributed by atoms with Gasteiger partial charge in [-0.3, -0.25) is 0 Å². The highest BCUT2D eigenvalue weighted by Gasteiger charge is 2.02. The van der Waals surface area contributed by atoms with Gasteiger partial charge in [-0.15, -0.1) is 0 Å². The molecule has 4 N–H and O–H groups in total. The van der Waals surface area contributed by atoms with Crippen LogP contribution < -0.4 is 11.6 Å². The van der Waals surface area contributed by atoms with Crippen molar-refractivity contribution < 1.29 is 0 Å². The first-order valence-corrected chi connectivity index (χ1v) is 4.67. The Hall–Kier alpha value is -1.03. The van der Waals surface area contributed by atoms with Gasteiger partial charge in [-0.25, -0.2) is 5.84 Å². The van der Waals surface area contributed by atoms with Gasteiger partial charge in [-0.2, -0.15) is 0 Å². The molecular weight excluding hydrogens is 198 g/mol. The van der Waals surface area contributed by atoms with Gasteiger partial charge in [0.05, 0.1) is 5.70 Å². The Morgan fingerprint density at radius 1 is 1.43 bits per heavy atom.